The van der Waals surface area contributed by atoms with E-state index in [2.05, 4.69) is 5.32 Å². The molecule has 0 saturated carbocycles. The number of carbonyl (C=O) groups excluding carboxylic acids is 2. The summed E-state index contributed by atoms with van der Waals surface area (Å²) >= 11 is 0. The molecule has 154 valence electrons. The van der Waals surface area contributed by atoms with Gasteiger partial charge in [-0.2, -0.15) is 13.2 Å². The van der Waals surface area contributed by atoms with Gasteiger partial charge in [-0.15, -0.1) is 0 Å². The summed E-state index contributed by atoms with van der Waals surface area (Å²) in [6.45, 7) is 0.391. The average Bonchev–Trinajstić information content (AvgIpc) is 2.66. The summed E-state index contributed by atoms with van der Waals surface area (Å²) < 4.78 is 39.4. The number of carbonyl (C=O) groups is 2. The molecule has 2 aromatic rings. The Labute approximate surface area is 164 Å². The fourth-order valence-corrected chi connectivity index (χ4v) is 3.31. The van der Waals surface area contributed by atoms with E-state index >= 15 is 0 Å². The van der Waals surface area contributed by atoms with Crippen molar-refractivity contribution in [1.29, 1.82) is 0 Å². The first-order valence-electron chi connectivity index (χ1n) is 8.94. The van der Waals surface area contributed by atoms with E-state index < -0.39 is 29.1 Å². The van der Waals surface area contributed by atoms with Gasteiger partial charge in [-0.3, -0.25) is 9.59 Å². The highest BCUT2D eigenvalue weighted by molar-refractivity contribution is 5.96. The second-order valence-electron chi connectivity index (χ2n) is 6.82. The summed E-state index contributed by atoms with van der Waals surface area (Å²) in [4.78, 5) is 26.2. The van der Waals surface area contributed by atoms with Crippen molar-refractivity contribution in [3.8, 4) is 11.5 Å². The SMILES string of the molecule is O=C(NC1CCN(C(=O)c2ccccc2C(F)(F)F)CC1)c1cc(O)cc(O)c1. The van der Waals surface area contributed by atoms with Gasteiger partial charge in [0.25, 0.3) is 11.8 Å². The maximum absolute atomic E-state index is 13.1. The van der Waals surface area contributed by atoms with Gasteiger partial charge in [-0.05, 0) is 37.1 Å². The summed E-state index contributed by atoms with van der Waals surface area (Å²) in [5.74, 6) is -1.69. The Kier molecular flexibility index (Phi) is 5.67. The van der Waals surface area contributed by atoms with Gasteiger partial charge in [-0.25, -0.2) is 0 Å². The van der Waals surface area contributed by atoms with Gasteiger partial charge in [0.15, 0.2) is 0 Å². The molecule has 29 heavy (non-hydrogen) atoms. The lowest BCUT2D eigenvalue weighted by atomic mass is 10.0. The highest BCUT2D eigenvalue weighted by Gasteiger charge is 2.36. The van der Waals surface area contributed by atoms with Crippen LogP contribution in [0.5, 0.6) is 11.5 Å². The zero-order valence-corrected chi connectivity index (χ0v) is 15.2. The number of aromatic hydroxyl groups is 2. The number of alkyl halides is 3. The highest BCUT2D eigenvalue weighted by Crippen LogP contribution is 2.32. The summed E-state index contributed by atoms with van der Waals surface area (Å²) in [5.41, 5.74) is -1.28. The first kappa shape index (κ1) is 20.5. The molecule has 2 aromatic carbocycles. The smallest absolute Gasteiger partial charge is 0.417 e. The standard InChI is InChI=1S/C20H19F3N2O4/c21-20(22,23)17-4-2-1-3-16(17)19(29)25-7-5-13(6-8-25)24-18(28)12-9-14(26)11-15(27)10-12/h1-4,9-11,13,26-27H,5-8H2,(H,24,28). The molecular weight excluding hydrogens is 389 g/mol. The van der Waals surface area contributed by atoms with Crippen LogP contribution in [0, 0.1) is 0 Å². The van der Waals surface area contributed by atoms with E-state index in [9.17, 15) is 33.0 Å². The molecule has 9 heteroatoms. The molecule has 1 aliphatic heterocycles. The molecule has 0 aliphatic carbocycles. The van der Waals surface area contributed by atoms with Gasteiger partial charge in [-0.1, -0.05) is 12.1 Å². The first-order valence-corrected chi connectivity index (χ1v) is 8.94. The number of nitrogens with one attached hydrogen (secondary N) is 1. The van der Waals surface area contributed by atoms with Crippen LogP contribution >= 0.6 is 0 Å². The predicted molar refractivity (Wildman–Crippen MR) is 97.6 cm³/mol. The van der Waals surface area contributed by atoms with Crippen molar-refractivity contribution in [2.24, 2.45) is 0 Å². The van der Waals surface area contributed by atoms with E-state index in [0.717, 1.165) is 18.2 Å². The van der Waals surface area contributed by atoms with Crippen molar-refractivity contribution in [1.82, 2.24) is 10.2 Å². The van der Waals surface area contributed by atoms with Crippen LogP contribution < -0.4 is 5.32 Å². The van der Waals surface area contributed by atoms with Crippen LogP contribution in [-0.4, -0.2) is 46.1 Å². The zero-order chi connectivity index (χ0) is 21.2. The summed E-state index contributed by atoms with van der Waals surface area (Å²) in [6, 6.07) is 7.90. The van der Waals surface area contributed by atoms with E-state index in [4.69, 9.17) is 0 Å². The minimum absolute atomic E-state index is 0.0834. The monoisotopic (exact) mass is 408 g/mol. The highest BCUT2D eigenvalue weighted by atomic mass is 19.4. The number of nitrogens with zero attached hydrogens (tertiary/aromatic N) is 1. The molecule has 0 bridgehead atoms. The van der Waals surface area contributed by atoms with Crippen LogP contribution in [0.15, 0.2) is 42.5 Å². The second-order valence-corrected chi connectivity index (χ2v) is 6.82. The molecule has 3 N–H and O–H groups in total. The molecule has 6 nitrogen and oxygen atoms in total. The van der Waals surface area contributed by atoms with Gasteiger partial charge < -0.3 is 20.4 Å². The molecule has 0 aromatic heterocycles. The molecule has 1 aliphatic rings. The molecule has 0 spiro atoms. The van der Waals surface area contributed by atoms with Crippen LogP contribution in [0.1, 0.15) is 39.1 Å². The van der Waals surface area contributed by atoms with Crippen molar-refractivity contribution >= 4 is 11.8 Å². The van der Waals surface area contributed by atoms with Crippen molar-refractivity contribution in [3.05, 3.63) is 59.2 Å². The second kappa shape index (κ2) is 8.02. The maximum atomic E-state index is 13.1. The predicted octanol–water partition coefficient (Wildman–Crippen LogP) is 3.15. The van der Waals surface area contributed by atoms with Gasteiger partial charge >= 0.3 is 6.18 Å². The Morgan fingerprint density at radius 3 is 2.17 bits per heavy atom. The van der Waals surface area contributed by atoms with Crippen LogP contribution in [0.4, 0.5) is 13.2 Å². The number of phenols is 2. The molecular formula is C20H19F3N2O4. The number of piperidine rings is 1. The van der Waals surface area contributed by atoms with Crippen molar-refractivity contribution < 1.29 is 33.0 Å². The van der Waals surface area contributed by atoms with Crippen molar-refractivity contribution in [2.45, 2.75) is 25.1 Å². The molecule has 1 heterocycles. The number of likely N-dealkylation sites (tertiary alicyclic amines) is 1. The number of hydrogen-bond donors (Lipinski definition) is 3. The molecule has 0 atom stereocenters. The van der Waals surface area contributed by atoms with Crippen molar-refractivity contribution in [3.63, 3.8) is 0 Å². The maximum Gasteiger partial charge on any atom is 0.417 e. The molecule has 0 unspecified atom stereocenters. The number of benzene rings is 2. The number of phenolic OH excluding ortho intramolecular Hbond substituents is 2. The fourth-order valence-electron chi connectivity index (χ4n) is 3.31. The third kappa shape index (κ3) is 4.79. The van der Waals surface area contributed by atoms with Crippen molar-refractivity contribution in [2.75, 3.05) is 13.1 Å². The third-order valence-electron chi connectivity index (χ3n) is 4.74. The molecule has 0 radical (unpaired) electrons. The van der Waals surface area contributed by atoms with E-state index in [1.54, 1.807) is 0 Å². The van der Waals surface area contributed by atoms with E-state index in [1.807, 2.05) is 0 Å². The Morgan fingerprint density at radius 1 is 1.00 bits per heavy atom. The Balaban J connectivity index is 1.62. The van der Waals surface area contributed by atoms with Gasteiger partial charge in [0.2, 0.25) is 0 Å². The lowest BCUT2D eigenvalue weighted by Gasteiger charge is -2.33. The normalized spacial score (nSPS) is 15.2. The van der Waals surface area contributed by atoms with E-state index in [-0.39, 0.29) is 36.2 Å². The quantitative estimate of drug-likeness (QED) is 0.728. The van der Waals surface area contributed by atoms with Crippen LogP contribution in [0.3, 0.4) is 0 Å². The summed E-state index contributed by atoms with van der Waals surface area (Å²) in [6.07, 6.45) is -3.88. The minimum Gasteiger partial charge on any atom is -0.508 e. The van der Waals surface area contributed by atoms with Crippen LogP contribution in [0.2, 0.25) is 0 Å². The first-order chi connectivity index (χ1) is 13.6. The largest absolute Gasteiger partial charge is 0.508 e. The third-order valence-corrected chi connectivity index (χ3v) is 4.74. The van der Waals surface area contributed by atoms with E-state index in [0.29, 0.717) is 12.8 Å². The number of rotatable bonds is 3. The molecule has 2 amide bonds. The Hall–Kier alpha value is -3.23. The zero-order valence-electron chi connectivity index (χ0n) is 15.2. The lowest BCUT2D eigenvalue weighted by molar-refractivity contribution is -0.138. The Bertz CT molecular complexity index is 902. The molecule has 3 rings (SSSR count). The topological polar surface area (TPSA) is 89.9 Å². The van der Waals surface area contributed by atoms with Crippen LogP contribution in [0.25, 0.3) is 0 Å². The lowest BCUT2D eigenvalue weighted by Crippen LogP contribution is -2.46. The van der Waals surface area contributed by atoms with E-state index in [1.165, 1.54) is 29.2 Å². The minimum atomic E-state index is -4.62. The number of hydrogen-bond acceptors (Lipinski definition) is 4. The average molecular weight is 408 g/mol. The Morgan fingerprint density at radius 2 is 1.59 bits per heavy atom. The van der Waals surface area contributed by atoms with Gasteiger partial charge in [0, 0.05) is 30.8 Å². The number of halogens is 3. The fraction of sp³-hybridized carbons (Fsp3) is 0.300. The van der Waals surface area contributed by atoms with Crippen LogP contribution in [-0.2, 0) is 6.18 Å². The summed E-state index contributed by atoms with van der Waals surface area (Å²) in [5, 5.41) is 21.7. The number of amides is 2. The van der Waals surface area contributed by atoms with Gasteiger partial charge in [0.05, 0.1) is 11.1 Å². The summed E-state index contributed by atoms with van der Waals surface area (Å²) in [7, 11) is 0. The molecule has 1 saturated heterocycles. The molecule has 1 fully saturated rings. The van der Waals surface area contributed by atoms with Gasteiger partial charge in [0.1, 0.15) is 11.5 Å².